The van der Waals surface area contributed by atoms with Crippen LogP contribution < -0.4 is 10.1 Å². The quantitative estimate of drug-likeness (QED) is 0.329. The molecular formula is C24H37IN6O2. The van der Waals surface area contributed by atoms with Crippen LogP contribution in [0.25, 0.3) is 0 Å². The van der Waals surface area contributed by atoms with Crippen molar-refractivity contribution >= 4 is 29.9 Å². The SMILES string of the molecule is CN=C(NCC(c1ccc(OC)cc1)N1CCOCC1)N1CCC(C)C(n2ccnc2)C1.I. The van der Waals surface area contributed by atoms with Crippen LogP contribution in [0.15, 0.2) is 48.0 Å². The molecule has 3 unspecified atom stereocenters. The molecule has 0 aliphatic carbocycles. The third-order valence-corrected chi connectivity index (χ3v) is 6.78. The van der Waals surface area contributed by atoms with E-state index in [1.54, 1.807) is 7.11 Å². The molecule has 0 amide bonds. The highest BCUT2D eigenvalue weighted by atomic mass is 127. The first kappa shape index (κ1) is 25.8. The second kappa shape index (κ2) is 12.6. The van der Waals surface area contributed by atoms with Gasteiger partial charge in [0.05, 0.1) is 38.7 Å². The first-order chi connectivity index (χ1) is 15.7. The van der Waals surface area contributed by atoms with Gasteiger partial charge in [-0.15, -0.1) is 24.0 Å². The Morgan fingerprint density at radius 1 is 1.24 bits per heavy atom. The van der Waals surface area contributed by atoms with Gasteiger partial charge in [-0.25, -0.2) is 4.98 Å². The van der Waals surface area contributed by atoms with Gasteiger partial charge in [0.15, 0.2) is 5.96 Å². The van der Waals surface area contributed by atoms with Crippen LogP contribution >= 0.6 is 24.0 Å². The number of ether oxygens (including phenoxy) is 2. The number of rotatable bonds is 6. The average Bonchev–Trinajstić information content (AvgIpc) is 3.38. The summed E-state index contributed by atoms with van der Waals surface area (Å²) in [6, 6.07) is 9.07. The predicted octanol–water partition coefficient (Wildman–Crippen LogP) is 3.04. The highest BCUT2D eigenvalue weighted by Gasteiger charge is 2.30. The Morgan fingerprint density at radius 3 is 2.64 bits per heavy atom. The van der Waals surface area contributed by atoms with E-state index in [9.17, 15) is 0 Å². The molecule has 2 fully saturated rings. The highest BCUT2D eigenvalue weighted by Crippen LogP contribution is 2.28. The van der Waals surface area contributed by atoms with E-state index >= 15 is 0 Å². The van der Waals surface area contributed by atoms with Crippen molar-refractivity contribution in [2.45, 2.75) is 25.4 Å². The number of guanidine groups is 1. The van der Waals surface area contributed by atoms with Gasteiger partial charge < -0.3 is 24.3 Å². The number of benzene rings is 1. The van der Waals surface area contributed by atoms with Crippen molar-refractivity contribution in [1.29, 1.82) is 0 Å². The van der Waals surface area contributed by atoms with Crippen molar-refractivity contribution in [2.24, 2.45) is 10.9 Å². The lowest BCUT2D eigenvalue weighted by Gasteiger charge is -2.40. The van der Waals surface area contributed by atoms with Gasteiger partial charge in [-0.2, -0.15) is 0 Å². The maximum Gasteiger partial charge on any atom is 0.193 e. The molecule has 0 spiro atoms. The molecule has 0 radical (unpaired) electrons. The maximum atomic E-state index is 5.60. The Labute approximate surface area is 214 Å². The first-order valence-corrected chi connectivity index (χ1v) is 11.6. The van der Waals surface area contributed by atoms with Crippen LogP contribution in [-0.4, -0.2) is 85.4 Å². The van der Waals surface area contributed by atoms with E-state index in [0.717, 1.165) is 64.1 Å². The summed E-state index contributed by atoms with van der Waals surface area (Å²) in [6.45, 7) is 8.48. The molecule has 182 valence electrons. The van der Waals surface area contributed by atoms with Crippen LogP contribution in [0.1, 0.15) is 31.0 Å². The van der Waals surface area contributed by atoms with Crippen molar-refractivity contribution < 1.29 is 9.47 Å². The normalized spacial score (nSPS) is 23.0. The minimum absolute atomic E-state index is 0. The molecule has 1 aromatic carbocycles. The summed E-state index contributed by atoms with van der Waals surface area (Å²) < 4.78 is 13.2. The molecule has 1 N–H and O–H groups in total. The van der Waals surface area contributed by atoms with Gasteiger partial charge in [0.25, 0.3) is 0 Å². The third kappa shape index (κ3) is 6.39. The minimum atomic E-state index is 0. The fourth-order valence-electron chi connectivity index (χ4n) is 4.79. The van der Waals surface area contributed by atoms with E-state index in [1.165, 1.54) is 5.56 Å². The standard InChI is InChI=1S/C24H36N6O2.HI/c1-19-8-10-29(17-23(19)30-11-9-26-18-30)24(25-2)27-16-22(28-12-14-32-15-13-28)20-4-6-21(31-3)7-5-20;/h4-7,9,11,18-19,22-23H,8,10,12-17H2,1-3H3,(H,25,27);1H. The molecule has 2 aromatic rings. The van der Waals surface area contributed by atoms with Gasteiger partial charge in [-0.05, 0) is 30.0 Å². The zero-order chi connectivity index (χ0) is 22.3. The zero-order valence-corrected chi connectivity index (χ0v) is 22.2. The van der Waals surface area contributed by atoms with Crippen LogP contribution in [0, 0.1) is 5.92 Å². The maximum absolute atomic E-state index is 5.60. The summed E-state index contributed by atoms with van der Waals surface area (Å²) in [5.74, 6) is 2.46. The predicted molar refractivity (Wildman–Crippen MR) is 142 cm³/mol. The van der Waals surface area contributed by atoms with Crippen LogP contribution in [0.2, 0.25) is 0 Å². The fourth-order valence-corrected chi connectivity index (χ4v) is 4.79. The molecule has 2 aliphatic heterocycles. The van der Waals surface area contributed by atoms with Gasteiger partial charge in [0.2, 0.25) is 0 Å². The summed E-state index contributed by atoms with van der Waals surface area (Å²) in [5.41, 5.74) is 1.28. The second-order valence-electron chi connectivity index (χ2n) is 8.65. The number of aliphatic imine (C=N–C) groups is 1. The van der Waals surface area contributed by atoms with E-state index in [1.807, 2.05) is 31.7 Å². The molecule has 2 aliphatic rings. The molecule has 3 atom stereocenters. The van der Waals surface area contributed by atoms with Crippen molar-refractivity contribution in [3.8, 4) is 5.75 Å². The summed E-state index contributed by atoms with van der Waals surface area (Å²) >= 11 is 0. The van der Waals surface area contributed by atoms with E-state index in [-0.39, 0.29) is 30.0 Å². The number of imidazole rings is 1. The van der Waals surface area contributed by atoms with Gasteiger partial charge in [0, 0.05) is 52.2 Å². The molecule has 33 heavy (non-hydrogen) atoms. The van der Waals surface area contributed by atoms with Crippen molar-refractivity contribution in [1.82, 2.24) is 24.7 Å². The van der Waals surface area contributed by atoms with Crippen LogP contribution in [0.4, 0.5) is 0 Å². The van der Waals surface area contributed by atoms with Gasteiger partial charge in [-0.3, -0.25) is 9.89 Å². The fraction of sp³-hybridized carbons (Fsp3) is 0.583. The smallest absolute Gasteiger partial charge is 0.193 e. The van der Waals surface area contributed by atoms with Crippen molar-refractivity contribution in [3.05, 3.63) is 48.5 Å². The van der Waals surface area contributed by atoms with Crippen molar-refractivity contribution in [3.63, 3.8) is 0 Å². The lowest BCUT2D eigenvalue weighted by atomic mass is 9.93. The highest BCUT2D eigenvalue weighted by molar-refractivity contribution is 14.0. The number of piperidine rings is 1. The monoisotopic (exact) mass is 568 g/mol. The molecule has 1 aromatic heterocycles. The molecular weight excluding hydrogens is 531 g/mol. The summed E-state index contributed by atoms with van der Waals surface area (Å²) in [4.78, 5) is 13.8. The van der Waals surface area contributed by atoms with E-state index < -0.39 is 0 Å². The summed E-state index contributed by atoms with van der Waals surface area (Å²) in [7, 11) is 3.58. The molecule has 2 saturated heterocycles. The van der Waals surface area contributed by atoms with Gasteiger partial charge in [-0.1, -0.05) is 19.1 Å². The van der Waals surface area contributed by atoms with E-state index in [0.29, 0.717) is 12.0 Å². The van der Waals surface area contributed by atoms with Crippen LogP contribution in [0.5, 0.6) is 5.75 Å². The Balaban J connectivity index is 0.00000306. The number of nitrogens with one attached hydrogen (secondary N) is 1. The topological polar surface area (TPSA) is 67.2 Å². The Bertz CT molecular complexity index is 854. The summed E-state index contributed by atoms with van der Waals surface area (Å²) in [6.07, 6.45) is 6.99. The number of halogens is 1. The molecule has 0 bridgehead atoms. The number of methoxy groups -OCH3 is 1. The number of nitrogens with zero attached hydrogens (tertiary/aromatic N) is 5. The average molecular weight is 569 g/mol. The van der Waals surface area contributed by atoms with E-state index in [4.69, 9.17) is 9.47 Å². The Morgan fingerprint density at radius 2 is 2.00 bits per heavy atom. The van der Waals surface area contributed by atoms with Gasteiger partial charge >= 0.3 is 0 Å². The molecule has 9 heteroatoms. The zero-order valence-electron chi connectivity index (χ0n) is 19.9. The van der Waals surface area contributed by atoms with Crippen molar-refractivity contribution in [2.75, 3.05) is 60.1 Å². The molecule has 0 saturated carbocycles. The largest absolute Gasteiger partial charge is 0.497 e. The number of aromatic nitrogens is 2. The third-order valence-electron chi connectivity index (χ3n) is 6.78. The van der Waals surface area contributed by atoms with Crippen LogP contribution in [0.3, 0.4) is 0 Å². The lowest BCUT2D eigenvalue weighted by Crippen LogP contribution is -2.51. The van der Waals surface area contributed by atoms with E-state index in [2.05, 4.69) is 54.9 Å². The number of hydrogen-bond donors (Lipinski definition) is 1. The Hall–Kier alpha value is -1.85. The molecule has 8 nitrogen and oxygen atoms in total. The second-order valence-corrected chi connectivity index (χ2v) is 8.65. The lowest BCUT2D eigenvalue weighted by molar-refractivity contribution is 0.0168. The molecule has 4 rings (SSSR count). The number of morpholine rings is 1. The summed E-state index contributed by atoms with van der Waals surface area (Å²) in [5, 5.41) is 3.68. The first-order valence-electron chi connectivity index (χ1n) is 11.6. The van der Waals surface area contributed by atoms with Gasteiger partial charge in [0.1, 0.15) is 5.75 Å². The number of hydrogen-bond acceptors (Lipinski definition) is 5. The Kier molecular flexibility index (Phi) is 9.81. The minimum Gasteiger partial charge on any atom is -0.497 e. The van der Waals surface area contributed by atoms with Crippen LogP contribution in [-0.2, 0) is 4.74 Å². The molecule has 3 heterocycles. The number of likely N-dealkylation sites (tertiary alicyclic amines) is 1.